The smallest absolute Gasteiger partial charge is 0.236 e. The zero-order chi connectivity index (χ0) is 14.9. The van der Waals surface area contributed by atoms with Crippen molar-refractivity contribution in [3.05, 3.63) is 77.2 Å². The molecule has 0 spiro atoms. The van der Waals surface area contributed by atoms with Gasteiger partial charge in [-0.05, 0) is 36.1 Å². The molecule has 0 atom stereocenters. The number of rotatable bonds is 3. The molecule has 4 rings (SSSR count). The first-order valence-corrected chi connectivity index (χ1v) is 8.29. The number of imidazole rings is 1. The monoisotopic (exact) mass is 305 g/mol. The van der Waals surface area contributed by atoms with Gasteiger partial charge in [-0.25, -0.2) is 9.55 Å². The summed E-state index contributed by atoms with van der Waals surface area (Å²) in [7, 11) is 0. The van der Waals surface area contributed by atoms with Crippen LogP contribution in [-0.2, 0) is 6.54 Å². The van der Waals surface area contributed by atoms with Crippen LogP contribution in [0.3, 0.4) is 0 Å². The molecule has 108 valence electrons. The largest absolute Gasteiger partial charge is 0.298 e. The molecule has 0 amide bonds. The predicted molar refractivity (Wildman–Crippen MR) is 92.1 cm³/mol. The standard InChI is InChI=1S/C19H16N2S/c1-14-8-10-15(11-9-14)13-21-17-6-3-2-5-16(17)20-19(21)18-7-4-12-22-18/h2-12H,13H2,1H3/p+1. The fraction of sp³-hybridized carbons (Fsp3) is 0.105. The lowest BCUT2D eigenvalue weighted by Gasteiger charge is -2.02. The van der Waals surface area contributed by atoms with Crippen LogP contribution in [0.1, 0.15) is 11.1 Å². The van der Waals surface area contributed by atoms with Crippen LogP contribution in [0.2, 0.25) is 0 Å². The predicted octanol–water partition coefficient (Wildman–Crippen LogP) is 4.54. The Morgan fingerprint density at radius 1 is 0.955 bits per heavy atom. The van der Waals surface area contributed by atoms with Crippen molar-refractivity contribution in [2.45, 2.75) is 13.5 Å². The van der Waals surface area contributed by atoms with Crippen molar-refractivity contribution in [1.29, 1.82) is 0 Å². The molecule has 3 heteroatoms. The second-order valence-corrected chi connectivity index (χ2v) is 6.49. The van der Waals surface area contributed by atoms with Crippen molar-refractivity contribution in [3.63, 3.8) is 0 Å². The van der Waals surface area contributed by atoms with E-state index >= 15 is 0 Å². The first kappa shape index (κ1) is 13.3. The maximum Gasteiger partial charge on any atom is 0.298 e. The Labute approximate surface area is 133 Å². The van der Waals surface area contributed by atoms with Crippen molar-refractivity contribution in [1.82, 2.24) is 4.98 Å². The van der Waals surface area contributed by atoms with E-state index in [1.54, 1.807) is 11.3 Å². The highest BCUT2D eigenvalue weighted by atomic mass is 32.1. The van der Waals surface area contributed by atoms with Crippen molar-refractivity contribution < 1.29 is 4.57 Å². The van der Waals surface area contributed by atoms with Gasteiger partial charge in [0.05, 0.1) is 0 Å². The third-order valence-electron chi connectivity index (χ3n) is 3.93. The molecule has 1 N–H and O–H groups in total. The number of H-pyrrole nitrogens is 1. The molecule has 2 aromatic heterocycles. The molecule has 0 radical (unpaired) electrons. The van der Waals surface area contributed by atoms with Crippen molar-refractivity contribution in [2.75, 3.05) is 0 Å². The van der Waals surface area contributed by atoms with Crippen molar-refractivity contribution in [3.8, 4) is 10.7 Å². The van der Waals surface area contributed by atoms with E-state index in [9.17, 15) is 0 Å². The molecule has 2 heterocycles. The molecule has 0 aliphatic carbocycles. The number of nitrogens with one attached hydrogen (secondary N) is 1. The molecule has 22 heavy (non-hydrogen) atoms. The molecular weight excluding hydrogens is 288 g/mol. The minimum absolute atomic E-state index is 0.873. The maximum atomic E-state index is 3.57. The van der Waals surface area contributed by atoms with E-state index in [1.807, 2.05) is 0 Å². The van der Waals surface area contributed by atoms with Crippen LogP contribution in [0.25, 0.3) is 21.7 Å². The normalized spacial score (nSPS) is 11.1. The van der Waals surface area contributed by atoms with Gasteiger partial charge in [0.15, 0.2) is 11.0 Å². The molecule has 0 unspecified atom stereocenters. The fourth-order valence-electron chi connectivity index (χ4n) is 2.78. The molecule has 0 fully saturated rings. The zero-order valence-electron chi connectivity index (χ0n) is 12.4. The Balaban J connectivity index is 1.87. The first-order chi connectivity index (χ1) is 10.8. The Morgan fingerprint density at radius 3 is 2.55 bits per heavy atom. The third-order valence-corrected chi connectivity index (χ3v) is 4.81. The topological polar surface area (TPSA) is 19.7 Å². The molecule has 0 aliphatic rings. The molecule has 4 aromatic rings. The third kappa shape index (κ3) is 2.34. The molecule has 0 aliphatic heterocycles. The SMILES string of the molecule is Cc1ccc(C[n+]2c(-c3cccs3)[nH]c3ccccc32)cc1. The van der Waals surface area contributed by atoms with E-state index in [0.29, 0.717) is 0 Å². The Kier molecular flexibility index (Phi) is 3.28. The van der Waals surface area contributed by atoms with E-state index in [-0.39, 0.29) is 0 Å². The van der Waals surface area contributed by atoms with E-state index in [0.717, 1.165) is 6.54 Å². The van der Waals surface area contributed by atoms with Gasteiger partial charge in [0.2, 0.25) is 0 Å². The van der Waals surface area contributed by atoms with Crippen molar-refractivity contribution in [2.24, 2.45) is 0 Å². The number of hydrogen-bond donors (Lipinski definition) is 1. The molecule has 0 saturated carbocycles. The lowest BCUT2D eigenvalue weighted by molar-refractivity contribution is -0.650. The zero-order valence-corrected chi connectivity index (χ0v) is 13.2. The lowest BCUT2D eigenvalue weighted by atomic mass is 10.1. The van der Waals surface area contributed by atoms with Crippen LogP contribution in [0.15, 0.2) is 66.0 Å². The number of nitrogens with zero attached hydrogens (tertiary/aromatic N) is 1. The van der Waals surface area contributed by atoms with E-state index < -0.39 is 0 Å². The summed E-state index contributed by atoms with van der Waals surface area (Å²) in [5.41, 5.74) is 5.04. The number of fused-ring (bicyclic) bond motifs is 1. The summed E-state index contributed by atoms with van der Waals surface area (Å²) in [6.07, 6.45) is 0. The minimum Gasteiger partial charge on any atom is -0.236 e. The van der Waals surface area contributed by atoms with Gasteiger partial charge in [0.1, 0.15) is 11.4 Å². The molecule has 0 saturated heterocycles. The average Bonchev–Trinajstić information content (AvgIpc) is 3.18. The van der Waals surface area contributed by atoms with Gasteiger partial charge in [-0.3, -0.25) is 0 Å². The summed E-state index contributed by atoms with van der Waals surface area (Å²) in [5, 5.41) is 2.12. The molecular formula is C19H17N2S+. The first-order valence-electron chi connectivity index (χ1n) is 7.41. The second kappa shape index (κ2) is 5.43. The highest BCUT2D eigenvalue weighted by molar-refractivity contribution is 7.13. The molecule has 2 nitrogen and oxygen atoms in total. The van der Waals surface area contributed by atoms with Crippen LogP contribution in [0, 0.1) is 6.92 Å². The molecule has 2 aromatic carbocycles. The number of hydrogen-bond acceptors (Lipinski definition) is 1. The molecule has 0 bridgehead atoms. The summed E-state index contributed by atoms with van der Waals surface area (Å²) in [6, 6.07) is 21.5. The van der Waals surface area contributed by atoms with Gasteiger partial charge < -0.3 is 0 Å². The van der Waals surface area contributed by atoms with E-state index in [2.05, 4.69) is 82.5 Å². The van der Waals surface area contributed by atoms with Gasteiger partial charge in [-0.1, -0.05) is 48.0 Å². The van der Waals surface area contributed by atoms with Gasteiger partial charge in [-0.15, -0.1) is 11.3 Å². The Bertz CT molecular complexity index is 902. The summed E-state index contributed by atoms with van der Waals surface area (Å²) in [6.45, 7) is 3.00. The van der Waals surface area contributed by atoms with Crippen LogP contribution in [-0.4, -0.2) is 4.98 Å². The quantitative estimate of drug-likeness (QED) is 0.536. The number of thiophene rings is 1. The van der Waals surface area contributed by atoms with E-state index in [4.69, 9.17) is 0 Å². The minimum atomic E-state index is 0.873. The summed E-state index contributed by atoms with van der Waals surface area (Å²) >= 11 is 1.77. The van der Waals surface area contributed by atoms with Gasteiger partial charge in [-0.2, -0.15) is 0 Å². The van der Waals surface area contributed by atoms with Crippen molar-refractivity contribution >= 4 is 22.4 Å². The maximum absolute atomic E-state index is 3.57. The van der Waals surface area contributed by atoms with Crippen LogP contribution in [0.5, 0.6) is 0 Å². The number of aromatic nitrogens is 2. The summed E-state index contributed by atoms with van der Waals surface area (Å²) in [4.78, 5) is 4.84. The van der Waals surface area contributed by atoms with Crippen LogP contribution >= 0.6 is 11.3 Å². The average molecular weight is 305 g/mol. The second-order valence-electron chi connectivity index (χ2n) is 5.54. The Hall–Kier alpha value is -2.39. The van der Waals surface area contributed by atoms with Crippen LogP contribution in [0.4, 0.5) is 0 Å². The van der Waals surface area contributed by atoms with Gasteiger partial charge in [0.25, 0.3) is 5.82 Å². The number of para-hydroxylation sites is 2. The fourth-order valence-corrected chi connectivity index (χ4v) is 3.51. The summed E-state index contributed by atoms with van der Waals surface area (Å²) < 4.78 is 2.37. The number of aryl methyl sites for hydroxylation is 1. The van der Waals surface area contributed by atoms with Gasteiger partial charge in [0, 0.05) is 0 Å². The van der Waals surface area contributed by atoms with Crippen LogP contribution < -0.4 is 4.57 Å². The van der Waals surface area contributed by atoms with E-state index in [1.165, 1.54) is 32.9 Å². The van der Waals surface area contributed by atoms with Gasteiger partial charge >= 0.3 is 0 Å². The Morgan fingerprint density at radius 2 is 1.77 bits per heavy atom. The highest BCUT2D eigenvalue weighted by Gasteiger charge is 2.20. The number of aromatic amines is 1. The number of benzene rings is 2. The highest BCUT2D eigenvalue weighted by Crippen LogP contribution is 2.23. The lowest BCUT2D eigenvalue weighted by Crippen LogP contribution is -2.35. The summed E-state index contributed by atoms with van der Waals surface area (Å²) in [5.74, 6) is 1.18.